The number of hydrogen-bond donors (Lipinski definition) is 1. The van der Waals surface area contributed by atoms with Gasteiger partial charge in [-0.15, -0.1) is 0 Å². The van der Waals surface area contributed by atoms with Gasteiger partial charge in [-0.2, -0.15) is 0 Å². The van der Waals surface area contributed by atoms with Crippen molar-refractivity contribution in [2.24, 2.45) is 0 Å². The maximum absolute atomic E-state index is 5.38. The summed E-state index contributed by atoms with van der Waals surface area (Å²) in [6.07, 6.45) is 6.00. The highest BCUT2D eigenvalue weighted by Crippen LogP contribution is 2.20. The zero-order valence-corrected chi connectivity index (χ0v) is 10.1. The largest absolute Gasteiger partial charge is 0.381 e. The lowest BCUT2D eigenvalue weighted by molar-refractivity contribution is 0.0446. The van der Waals surface area contributed by atoms with Crippen LogP contribution in [0.5, 0.6) is 0 Å². The van der Waals surface area contributed by atoms with E-state index in [0.29, 0.717) is 0 Å². The van der Waals surface area contributed by atoms with Crippen LogP contribution in [0.4, 0.5) is 0 Å². The SMILES string of the molecule is Cc1cncc(CNC2(C)CCOCC2)c1. The monoisotopic (exact) mass is 220 g/mol. The van der Waals surface area contributed by atoms with Crippen LogP contribution in [-0.4, -0.2) is 23.7 Å². The van der Waals surface area contributed by atoms with E-state index in [0.717, 1.165) is 32.6 Å². The van der Waals surface area contributed by atoms with Crippen molar-refractivity contribution in [2.45, 2.75) is 38.8 Å². The molecule has 0 aromatic carbocycles. The maximum Gasteiger partial charge on any atom is 0.0483 e. The standard InChI is InChI=1S/C13H20N2O/c1-11-7-12(9-14-8-11)10-15-13(2)3-5-16-6-4-13/h7-9,15H,3-6,10H2,1-2H3. The van der Waals surface area contributed by atoms with Crippen LogP contribution in [0.1, 0.15) is 30.9 Å². The summed E-state index contributed by atoms with van der Waals surface area (Å²) in [5.41, 5.74) is 2.70. The summed E-state index contributed by atoms with van der Waals surface area (Å²) in [5.74, 6) is 0. The Balaban J connectivity index is 1.91. The van der Waals surface area contributed by atoms with E-state index in [1.54, 1.807) is 0 Å². The van der Waals surface area contributed by atoms with Crippen molar-refractivity contribution >= 4 is 0 Å². The zero-order chi connectivity index (χ0) is 11.4. The fourth-order valence-electron chi connectivity index (χ4n) is 2.03. The van der Waals surface area contributed by atoms with Crippen molar-refractivity contribution in [1.82, 2.24) is 10.3 Å². The first-order chi connectivity index (χ1) is 7.68. The molecule has 1 aromatic rings. The first-order valence-electron chi connectivity index (χ1n) is 5.91. The van der Waals surface area contributed by atoms with Crippen molar-refractivity contribution in [3.8, 4) is 0 Å². The lowest BCUT2D eigenvalue weighted by Gasteiger charge is -2.34. The third-order valence-electron chi connectivity index (χ3n) is 3.25. The van der Waals surface area contributed by atoms with E-state index in [9.17, 15) is 0 Å². The van der Waals surface area contributed by atoms with Gasteiger partial charge in [0, 0.05) is 37.7 Å². The molecule has 0 spiro atoms. The van der Waals surface area contributed by atoms with Gasteiger partial charge < -0.3 is 10.1 Å². The minimum Gasteiger partial charge on any atom is -0.381 e. The van der Waals surface area contributed by atoms with E-state index in [4.69, 9.17) is 4.74 Å². The van der Waals surface area contributed by atoms with Gasteiger partial charge in [0.15, 0.2) is 0 Å². The van der Waals surface area contributed by atoms with Gasteiger partial charge in [0.25, 0.3) is 0 Å². The van der Waals surface area contributed by atoms with Gasteiger partial charge in [-0.25, -0.2) is 0 Å². The molecule has 1 fully saturated rings. The van der Waals surface area contributed by atoms with Gasteiger partial charge >= 0.3 is 0 Å². The third-order valence-corrected chi connectivity index (χ3v) is 3.25. The van der Waals surface area contributed by atoms with Crippen LogP contribution in [0.3, 0.4) is 0 Å². The molecule has 1 aliphatic rings. The van der Waals surface area contributed by atoms with Gasteiger partial charge in [0.05, 0.1) is 0 Å². The van der Waals surface area contributed by atoms with Crippen molar-refractivity contribution < 1.29 is 4.74 Å². The van der Waals surface area contributed by atoms with E-state index >= 15 is 0 Å². The normalized spacial score (nSPS) is 19.6. The van der Waals surface area contributed by atoms with Crippen LogP contribution in [0.2, 0.25) is 0 Å². The zero-order valence-electron chi connectivity index (χ0n) is 10.1. The van der Waals surface area contributed by atoms with Crippen LogP contribution in [0, 0.1) is 6.92 Å². The molecule has 1 aliphatic heterocycles. The summed E-state index contributed by atoms with van der Waals surface area (Å²) in [7, 11) is 0. The fraction of sp³-hybridized carbons (Fsp3) is 0.615. The van der Waals surface area contributed by atoms with E-state index in [2.05, 4.69) is 30.2 Å². The van der Waals surface area contributed by atoms with Gasteiger partial charge in [-0.3, -0.25) is 4.98 Å². The second-order valence-corrected chi connectivity index (χ2v) is 4.90. The number of pyridine rings is 1. The molecule has 1 saturated heterocycles. The smallest absolute Gasteiger partial charge is 0.0483 e. The van der Waals surface area contributed by atoms with Gasteiger partial charge in [0.1, 0.15) is 0 Å². The molecule has 88 valence electrons. The summed E-state index contributed by atoms with van der Waals surface area (Å²) < 4.78 is 5.38. The third kappa shape index (κ3) is 3.03. The van der Waals surface area contributed by atoms with E-state index in [-0.39, 0.29) is 5.54 Å². The van der Waals surface area contributed by atoms with Gasteiger partial charge in [0.2, 0.25) is 0 Å². The molecule has 16 heavy (non-hydrogen) atoms. The average Bonchev–Trinajstić information content (AvgIpc) is 2.28. The Morgan fingerprint density at radius 1 is 1.38 bits per heavy atom. The molecule has 0 radical (unpaired) electrons. The molecule has 3 heteroatoms. The van der Waals surface area contributed by atoms with E-state index in [1.807, 2.05) is 12.4 Å². The van der Waals surface area contributed by atoms with Crippen LogP contribution >= 0.6 is 0 Å². The van der Waals surface area contributed by atoms with Crippen molar-refractivity contribution in [2.75, 3.05) is 13.2 Å². The number of rotatable bonds is 3. The molecule has 2 heterocycles. The highest BCUT2D eigenvalue weighted by molar-refractivity contribution is 5.16. The van der Waals surface area contributed by atoms with E-state index in [1.165, 1.54) is 11.1 Å². The molecule has 0 saturated carbocycles. The Kier molecular flexibility index (Phi) is 3.56. The number of aryl methyl sites for hydroxylation is 1. The first kappa shape index (κ1) is 11.6. The first-order valence-corrected chi connectivity index (χ1v) is 5.91. The molecular formula is C13H20N2O. The lowest BCUT2D eigenvalue weighted by Crippen LogP contribution is -2.46. The predicted molar refractivity (Wildman–Crippen MR) is 64.3 cm³/mol. The summed E-state index contributed by atoms with van der Waals surface area (Å²) in [4.78, 5) is 4.21. The van der Waals surface area contributed by atoms with Crippen LogP contribution in [0.25, 0.3) is 0 Å². The Hall–Kier alpha value is -0.930. The highest BCUT2D eigenvalue weighted by atomic mass is 16.5. The Labute approximate surface area is 97.2 Å². The summed E-state index contributed by atoms with van der Waals surface area (Å²) in [6, 6.07) is 2.18. The molecule has 1 aromatic heterocycles. The molecule has 1 N–H and O–H groups in total. The number of nitrogens with one attached hydrogen (secondary N) is 1. The molecular weight excluding hydrogens is 200 g/mol. The molecule has 0 unspecified atom stereocenters. The van der Waals surface area contributed by atoms with Crippen molar-refractivity contribution in [1.29, 1.82) is 0 Å². The van der Waals surface area contributed by atoms with Crippen LogP contribution in [0.15, 0.2) is 18.5 Å². The summed E-state index contributed by atoms with van der Waals surface area (Å²) in [6.45, 7) is 6.99. The Bertz CT molecular complexity index is 346. The highest BCUT2D eigenvalue weighted by Gasteiger charge is 2.26. The van der Waals surface area contributed by atoms with Crippen molar-refractivity contribution in [3.63, 3.8) is 0 Å². The summed E-state index contributed by atoms with van der Waals surface area (Å²) in [5, 5.41) is 3.62. The predicted octanol–water partition coefficient (Wildman–Crippen LogP) is 2.05. The second kappa shape index (κ2) is 4.93. The van der Waals surface area contributed by atoms with Crippen LogP contribution in [-0.2, 0) is 11.3 Å². The molecule has 0 atom stereocenters. The Morgan fingerprint density at radius 3 is 2.81 bits per heavy atom. The number of ether oxygens (including phenoxy) is 1. The molecule has 0 bridgehead atoms. The fourth-order valence-corrected chi connectivity index (χ4v) is 2.03. The second-order valence-electron chi connectivity index (χ2n) is 4.90. The Morgan fingerprint density at radius 2 is 2.12 bits per heavy atom. The summed E-state index contributed by atoms with van der Waals surface area (Å²) >= 11 is 0. The quantitative estimate of drug-likeness (QED) is 0.846. The molecule has 3 nitrogen and oxygen atoms in total. The van der Waals surface area contributed by atoms with Crippen molar-refractivity contribution in [3.05, 3.63) is 29.6 Å². The molecule has 2 rings (SSSR count). The number of nitrogens with zero attached hydrogens (tertiary/aromatic N) is 1. The minimum atomic E-state index is 0.224. The van der Waals surface area contributed by atoms with E-state index < -0.39 is 0 Å². The number of aromatic nitrogens is 1. The van der Waals surface area contributed by atoms with Crippen LogP contribution < -0.4 is 5.32 Å². The minimum absolute atomic E-state index is 0.224. The number of hydrogen-bond acceptors (Lipinski definition) is 3. The molecule has 0 aliphatic carbocycles. The average molecular weight is 220 g/mol. The molecule has 0 amide bonds. The topological polar surface area (TPSA) is 34.2 Å². The lowest BCUT2D eigenvalue weighted by atomic mass is 9.92. The van der Waals surface area contributed by atoms with Gasteiger partial charge in [-0.05, 0) is 37.8 Å². The maximum atomic E-state index is 5.38. The van der Waals surface area contributed by atoms with Gasteiger partial charge in [-0.1, -0.05) is 6.07 Å².